The highest BCUT2D eigenvalue weighted by atomic mass is 16.8. The Balaban J connectivity index is 1.29. The standard InChI is InChI=1S/C79H144N2O31/c1-4-6-8-10-12-14-16-18-19-20-21-22-23-24-25-26-27-29-31-33-35-37-39-41-58(91)81-50(51(88)40-38-36-34-32-30-28-17-15-13-11-9-7-5-2)48-103-75-67(99)65(97)69(56(46-85)106-75)108-77-68(100)73(112-79(78(101)102)42-52(89)60(92)72(111-79)61(93)53(90)43-82)70(57(47-86)107-77)109-74-59(80-49(3)87)71(63(95)55(45-84)104-74)110-76-66(98)64(96)62(94)54(44-83)105-76/h38,40,50-57,59-77,82-86,88-90,92-100H,4-37,39,41-48H2,1-3H3,(H,80,87)(H,81,91)(H,101,102)/b40-38+/t50-,51+,52?,53+,54?,55?,56?,57?,59?,60+,61+,62-,63-,64-,65+,66?,67?,68?,69+,70-,71+,72?,73+,74-,75+,76-,77-,79-/m0/s1. The number of aliphatic carboxylic acids is 1. The second-order valence-electron chi connectivity index (χ2n) is 31.4. The van der Waals surface area contributed by atoms with Gasteiger partial charge in [-0.3, -0.25) is 9.59 Å². The van der Waals surface area contributed by atoms with Crippen LogP contribution in [0.2, 0.25) is 0 Å². The van der Waals surface area contributed by atoms with Crippen LogP contribution in [0.4, 0.5) is 0 Å². The highest BCUT2D eigenvalue weighted by Gasteiger charge is 2.62. The summed E-state index contributed by atoms with van der Waals surface area (Å²) in [6.07, 6.45) is -7.82. The fourth-order valence-electron chi connectivity index (χ4n) is 15.3. The molecule has 0 bridgehead atoms. The van der Waals surface area contributed by atoms with E-state index in [0.29, 0.717) is 12.8 Å². The summed E-state index contributed by atoms with van der Waals surface area (Å²) in [5.41, 5.74) is 0. The molecule has 5 rings (SSSR count). The predicted octanol–water partition coefficient (Wildman–Crippen LogP) is 1.93. The number of carbonyl (C=O) groups excluding carboxylic acids is 2. The Morgan fingerprint density at radius 3 is 1.37 bits per heavy atom. The molecule has 5 aliphatic rings. The Bertz CT molecular complexity index is 2520. The Morgan fingerprint density at radius 1 is 0.464 bits per heavy atom. The summed E-state index contributed by atoms with van der Waals surface area (Å²) in [7, 11) is 0. The van der Waals surface area contributed by atoms with Gasteiger partial charge in [-0.25, -0.2) is 4.79 Å². The predicted molar refractivity (Wildman–Crippen MR) is 404 cm³/mol. The zero-order valence-corrected chi connectivity index (χ0v) is 66.5. The van der Waals surface area contributed by atoms with Gasteiger partial charge in [-0.1, -0.05) is 231 Å². The van der Waals surface area contributed by atoms with Crippen LogP contribution in [0.15, 0.2) is 12.2 Å². The zero-order chi connectivity index (χ0) is 82.1. The van der Waals surface area contributed by atoms with E-state index in [0.717, 1.165) is 58.3 Å². The minimum absolute atomic E-state index is 0.140. The Labute approximate surface area is 661 Å². The summed E-state index contributed by atoms with van der Waals surface area (Å²) in [5.74, 6) is -6.83. The lowest BCUT2D eigenvalue weighted by molar-refractivity contribution is -0.406. The maximum Gasteiger partial charge on any atom is 0.364 e. The highest BCUT2D eigenvalue weighted by Crippen LogP contribution is 2.41. The number of carbonyl (C=O) groups is 3. The molecule has 5 heterocycles. The number of aliphatic hydroxyl groups is 17. The van der Waals surface area contributed by atoms with E-state index in [1.165, 1.54) is 161 Å². The first-order chi connectivity index (χ1) is 53.9. The Morgan fingerprint density at radius 2 is 0.884 bits per heavy atom. The van der Waals surface area contributed by atoms with Gasteiger partial charge in [-0.2, -0.15) is 0 Å². The van der Waals surface area contributed by atoms with Crippen molar-refractivity contribution >= 4 is 17.8 Å². The number of allylic oxidation sites excluding steroid dienone is 1. The lowest BCUT2D eigenvalue weighted by Crippen LogP contribution is -2.71. The molecule has 0 radical (unpaired) electrons. The van der Waals surface area contributed by atoms with Crippen molar-refractivity contribution in [3.05, 3.63) is 12.2 Å². The minimum atomic E-state index is -3.38. The normalized spacial score (nSPS) is 33.7. The van der Waals surface area contributed by atoms with Crippen molar-refractivity contribution in [2.75, 3.05) is 39.6 Å². The van der Waals surface area contributed by atoms with Gasteiger partial charge in [0.1, 0.15) is 122 Å². The lowest BCUT2D eigenvalue weighted by atomic mass is 9.90. The van der Waals surface area contributed by atoms with Crippen LogP contribution in [0.5, 0.6) is 0 Å². The third-order valence-corrected chi connectivity index (χ3v) is 22.2. The van der Waals surface area contributed by atoms with E-state index in [9.17, 15) is 106 Å². The SMILES string of the molecule is CCCCCCCCCCCCC/C=C/[C@@H](O)[C@H](CO[C@@H]1OC(CO)[C@@H](O[C@@H]2OC(CO)[C@H](O[C@@H]3OC(CO)[C@H](O)[C@H](O[C@@H]4OC(CO)[C@H](O)[C@H](O)C4O)C3NC(C)=O)[C@H](O[C@]3(C(=O)O)CC(O)[C@@H](O)C([C@H](O)[C@H](O)CO)O3)C2O)[C@H](O)C1O)NC(=O)CCCCCCCCCCCCCCCCCCCCCCCCC. The molecule has 33 nitrogen and oxygen atoms in total. The van der Waals surface area contributed by atoms with Crippen molar-refractivity contribution in [3.8, 4) is 0 Å². The molecule has 28 atom stereocenters. The van der Waals surface area contributed by atoms with Gasteiger partial charge in [0.2, 0.25) is 11.8 Å². The molecule has 5 saturated heterocycles. The number of aliphatic hydroxyl groups excluding tert-OH is 17. The molecule has 656 valence electrons. The maximum atomic E-state index is 13.7. The van der Waals surface area contributed by atoms with Gasteiger partial charge in [0.15, 0.2) is 25.2 Å². The number of hydrogen-bond acceptors (Lipinski definition) is 30. The van der Waals surface area contributed by atoms with E-state index < -0.39 is 229 Å². The smallest absolute Gasteiger partial charge is 0.364 e. The van der Waals surface area contributed by atoms with Crippen LogP contribution >= 0.6 is 0 Å². The van der Waals surface area contributed by atoms with Crippen LogP contribution < -0.4 is 10.6 Å². The van der Waals surface area contributed by atoms with Crippen molar-refractivity contribution in [2.45, 2.75) is 430 Å². The van der Waals surface area contributed by atoms with E-state index >= 15 is 0 Å². The monoisotopic (exact) mass is 1620 g/mol. The molecule has 0 spiro atoms. The van der Waals surface area contributed by atoms with E-state index in [4.69, 9.17) is 47.4 Å². The molecular weight excluding hydrogens is 1470 g/mol. The Kier molecular flexibility index (Phi) is 48.9. The van der Waals surface area contributed by atoms with Gasteiger partial charge in [-0.15, -0.1) is 0 Å². The third-order valence-electron chi connectivity index (χ3n) is 22.2. The average Bonchev–Trinajstić information content (AvgIpc) is 0.749. The first-order valence-corrected chi connectivity index (χ1v) is 42.1. The summed E-state index contributed by atoms with van der Waals surface area (Å²) in [5, 5.41) is 204. The molecule has 5 fully saturated rings. The van der Waals surface area contributed by atoms with Crippen molar-refractivity contribution in [3.63, 3.8) is 0 Å². The quantitative estimate of drug-likeness (QED) is 0.0305. The van der Waals surface area contributed by atoms with Crippen LogP contribution in [0, 0.1) is 0 Å². The molecule has 0 aromatic heterocycles. The molecule has 20 N–H and O–H groups in total. The van der Waals surface area contributed by atoms with Crippen LogP contribution in [0.25, 0.3) is 0 Å². The van der Waals surface area contributed by atoms with Crippen LogP contribution in [0.1, 0.15) is 258 Å². The number of unbranched alkanes of at least 4 members (excludes halogenated alkanes) is 33. The van der Waals surface area contributed by atoms with Crippen LogP contribution in [-0.2, 0) is 61.8 Å². The van der Waals surface area contributed by atoms with Crippen molar-refractivity contribution in [2.24, 2.45) is 0 Å². The van der Waals surface area contributed by atoms with Crippen LogP contribution in [0.3, 0.4) is 0 Å². The fraction of sp³-hybridized carbons (Fsp3) is 0.937. The lowest BCUT2D eigenvalue weighted by Gasteiger charge is -2.52. The first kappa shape index (κ1) is 99.6. The van der Waals surface area contributed by atoms with E-state index in [1.807, 2.05) is 6.08 Å². The van der Waals surface area contributed by atoms with Gasteiger partial charge in [0.25, 0.3) is 5.79 Å². The molecule has 112 heavy (non-hydrogen) atoms. The molecule has 0 aromatic carbocycles. The number of ether oxygens (including phenoxy) is 10. The van der Waals surface area contributed by atoms with Crippen LogP contribution in [-0.4, -0.2) is 321 Å². The van der Waals surface area contributed by atoms with E-state index in [1.54, 1.807) is 6.08 Å². The Hall–Kier alpha value is -2.93. The van der Waals surface area contributed by atoms with Gasteiger partial charge in [-0.05, 0) is 19.3 Å². The number of nitrogens with one attached hydrogen (secondary N) is 2. The maximum absolute atomic E-state index is 13.7. The summed E-state index contributed by atoms with van der Waals surface area (Å²) >= 11 is 0. The number of carboxylic acids is 1. The van der Waals surface area contributed by atoms with E-state index in [-0.39, 0.29) is 12.3 Å². The first-order valence-electron chi connectivity index (χ1n) is 42.1. The van der Waals surface area contributed by atoms with Crippen molar-refractivity contribution in [1.82, 2.24) is 10.6 Å². The molecule has 0 saturated carbocycles. The van der Waals surface area contributed by atoms with Gasteiger partial charge in [0.05, 0.1) is 57.9 Å². The largest absolute Gasteiger partial charge is 0.477 e. The molecule has 33 heteroatoms. The van der Waals surface area contributed by atoms with Gasteiger partial charge in [0, 0.05) is 19.8 Å². The second-order valence-corrected chi connectivity index (χ2v) is 31.4. The number of carboxylic acid groups (broad SMARTS) is 1. The van der Waals surface area contributed by atoms with Crippen molar-refractivity contribution in [1.29, 1.82) is 0 Å². The third kappa shape index (κ3) is 32.3. The second kappa shape index (κ2) is 55.0. The summed E-state index contributed by atoms with van der Waals surface area (Å²) in [6, 6.07) is -3.03. The zero-order valence-electron chi connectivity index (χ0n) is 66.5. The molecule has 0 aromatic rings. The highest BCUT2D eigenvalue weighted by molar-refractivity contribution is 5.76. The minimum Gasteiger partial charge on any atom is -0.477 e. The molecule has 10 unspecified atom stereocenters. The average molecular weight is 1620 g/mol. The number of rotatable bonds is 59. The molecule has 5 aliphatic heterocycles. The van der Waals surface area contributed by atoms with Gasteiger partial charge < -0.3 is 150 Å². The molecule has 0 aliphatic carbocycles. The fourth-order valence-corrected chi connectivity index (χ4v) is 15.3. The molecular formula is C79H144N2O31. The number of hydrogen-bond donors (Lipinski definition) is 20. The van der Waals surface area contributed by atoms with E-state index in [2.05, 4.69) is 24.5 Å². The summed E-state index contributed by atoms with van der Waals surface area (Å²) in [4.78, 5) is 40.3. The van der Waals surface area contributed by atoms with Crippen molar-refractivity contribution < 1.29 is 154 Å². The summed E-state index contributed by atoms with van der Waals surface area (Å²) < 4.78 is 59.7. The topological polar surface area (TPSA) is 532 Å². The summed E-state index contributed by atoms with van der Waals surface area (Å²) in [6.45, 7) is -0.589. The molecule has 2 amide bonds. The van der Waals surface area contributed by atoms with Gasteiger partial charge >= 0.3 is 5.97 Å². The number of amides is 2.